The summed E-state index contributed by atoms with van der Waals surface area (Å²) in [6.07, 6.45) is 2.12. The molecule has 17 heavy (non-hydrogen) atoms. The predicted molar refractivity (Wildman–Crippen MR) is 71.6 cm³/mol. The van der Waals surface area contributed by atoms with Gasteiger partial charge in [0, 0.05) is 40.0 Å². The lowest BCUT2D eigenvalue weighted by Gasteiger charge is -2.10. The predicted octanol–water partition coefficient (Wildman–Crippen LogP) is 1.00. The van der Waals surface area contributed by atoms with E-state index in [1.165, 1.54) is 0 Å². The first-order chi connectivity index (χ1) is 8.35. The molecule has 0 aromatic rings. The van der Waals surface area contributed by atoms with Gasteiger partial charge in [-0.3, -0.25) is 4.99 Å². The third kappa shape index (κ3) is 11.5. The van der Waals surface area contributed by atoms with Gasteiger partial charge in [-0.25, -0.2) is 0 Å². The number of nitrogens with zero attached hydrogens (tertiary/aromatic N) is 1. The molecule has 0 spiro atoms. The van der Waals surface area contributed by atoms with Crippen LogP contribution in [0, 0.1) is 0 Å². The molecule has 0 fully saturated rings. The summed E-state index contributed by atoms with van der Waals surface area (Å²) in [5, 5.41) is 6.40. The molecule has 0 aliphatic rings. The summed E-state index contributed by atoms with van der Waals surface area (Å²) < 4.78 is 10.2. The summed E-state index contributed by atoms with van der Waals surface area (Å²) in [6, 6.07) is 0. The summed E-state index contributed by atoms with van der Waals surface area (Å²) in [7, 11) is 1.69. The maximum absolute atomic E-state index is 5.27. The normalized spacial score (nSPS) is 11.6. The number of aliphatic imine (C=N–C) groups is 1. The number of ether oxygens (including phenoxy) is 2. The van der Waals surface area contributed by atoms with Crippen molar-refractivity contribution in [2.75, 3.05) is 46.6 Å². The van der Waals surface area contributed by atoms with E-state index >= 15 is 0 Å². The summed E-state index contributed by atoms with van der Waals surface area (Å²) in [6.45, 7) is 8.87. The van der Waals surface area contributed by atoms with E-state index in [0.29, 0.717) is 6.61 Å². The number of hydrogen-bond acceptors (Lipinski definition) is 3. The molecule has 2 N–H and O–H groups in total. The third-order valence-corrected chi connectivity index (χ3v) is 2.11. The Kier molecular flexibility index (Phi) is 12.6. The van der Waals surface area contributed by atoms with Crippen molar-refractivity contribution >= 4 is 5.96 Å². The molecule has 0 bridgehead atoms. The summed E-state index contributed by atoms with van der Waals surface area (Å²) in [4.78, 5) is 4.47. The molecule has 0 radical (unpaired) electrons. The van der Waals surface area contributed by atoms with Gasteiger partial charge >= 0.3 is 0 Å². The molecule has 5 nitrogen and oxygen atoms in total. The van der Waals surface area contributed by atoms with Gasteiger partial charge in [-0.2, -0.15) is 0 Å². The Morgan fingerprint density at radius 3 is 2.59 bits per heavy atom. The number of hydrogen-bond donors (Lipinski definition) is 2. The van der Waals surface area contributed by atoms with Crippen LogP contribution in [0.25, 0.3) is 0 Å². The minimum absolute atomic E-state index is 0.689. The standard InChI is InChI=1S/C12H27N3O2/c1-4-13-12(15-9-11-16-3)14-8-6-7-10-17-5-2/h4-11H2,1-3H3,(H2,13,14,15). The second-order valence-electron chi connectivity index (χ2n) is 3.58. The average Bonchev–Trinajstić information content (AvgIpc) is 2.34. The van der Waals surface area contributed by atoms with Crippen LogP contribution in [0.2, 0.25) is 0 Å². The minimum atomic E-state index is 0.689. The lowest BCUT2D eigenvalue weighted by molar-refractivity contribution is 0.144. The van der Waals surface area contributed by atoms with Crippen LogP contribution < -0.4 is 10.6 Å². The Bertz CT molecular complexity index is 187. The minimum Gasteiger partial charge on any atom is -0.383 e. The molecule has 0 atom stereocenters. The second-order valence-corrected chi connectivity index (χ2v) is 3.58. The molecule has 0 saturated heterocycles. The fourth-order valence-electron chi connectivity index (χ4n) is 1.26. The molecule has 0 unspecified atom stereocenters. The molecule has 0 aromatic heterocycles. The first-order valence-electron chi connectivity index (χ1n) is 6.44. The molecule has 0 saturated carbocycles. The van der Waals surface area contributed by atoms with Crippen LogP contribution in [0.3, 0.4) is 0 Å². The van der Waals surface area contributed by atoms with Gasteiger partial charge in [0.2, 0.25) is 0 Å². The van der Waals surface area contributed by atoms with E-state index in [9.17, 15) is 0 Å². The fourth-order valence-corrected chi connectivity index (χ4v) is 1.26. The molecule has 0 aliphatic carbocycles. The van der Waals surface area contributed by atoms with Crippen LogP contribution in [-0.2, 0) is 9.47 Å². The zero-order valence-corrected chi connectivity index (χ0v) is 11.4. The SMILES string of the molecule is CCNC(=NCCCCOCC)NCCOC. The van der Waals surface area contributed by atoms with E-state index in [2.05, 4.69) is 22.5 Å². The highest BCUT2D eigenvalue weighted by atomic mass is 16.5. The quantitative estimate of drug-likeness (QED) is 0.342. The Balaban J connectivity index is 3.62. The van der Waals surface area contributed by atoms with Gasteiger partial charge in [-0.15, -0.1) is 0 Å². The van der Waals surface area contributed by atoms with Crippen LogP contribution in [0.4, 0.5) is 0 Å². The van der Waals surface area contributed by atoms with Crippen LogP contribution in [-0.4, -0.2) is 52.5 Å². The Hall–Kier alpha value is -0.810. The molecular weight excluding hydrogens is 218 g/mol. The number of nitrogens with one attached hydrogen (secondary N) is 2. The smallest absolute Gasteiger partial charge is 0.191 e. The molecule has 5 heteroatoms. The highest BCUT2D eigenvalue weighted by Gasteiger charge is 1.95. The van der Waals surface area contributed by atoms with E-state index in [1.54, 1.807) is 7.11 Å². The largest absolute Gasteiger partial charge is 0.383 e. The lowest BCUT2D eigenvalue weighted by Crippen LogP contribution is -2.39. The summed E-state index contributed by atoms with van der Waals surface area (Å²) in [5.41, 5.74) is 0. The zero-order valence-electron chi connectivity index (χ0n) is 11.4. The van der Waals surface area contributed by atoms with E-state index in [1.807, 2.05) is 6.92 Å². The molecule has 0 heterocycles. The van der Waals surface area contributed by atoms with Crippen molar-refractivity contribution in [1.29, 1.82) is 0 Å². The third-order valence-electron chi connectivity index (χ3n) is 2.11. The van der Waals surface area contributed by atoms with Crippen molar-refractivity contribution in [2.24, 2.45) is 4.99 Å². The van der Waals surface area contributed by atoms with Gasteiger partial charge < -0.3 is 20.1 Å². The van der Waals surface area contributed by atoms with Gasteiger partial charge in [0.15, 0.2) is 5.96 Å². The van der Waals surface area contributed by atoms with Crippen LogP contribution in [0.1, 0.15) is 26.7 Å². The van der Waals surface area contributed by atoms with Crippen molar-refractivity contribution < 1.29 is 9.47 Å². The van der Waals surface area contributed by atoms with Crippen molar-refractivity contribution in [3.05, 3.63) is 0 Å². The van der Waals surface area contributed by atoms with Crippen molar-refractivity contribution in [1.82, 2.24) is 10.6 Å². The first-order valence-corrected chi connectivity index (χ1v) is 6.44. The summed E-state index contributed by atoms with van der Waals surface area (Å²) >= 11 is 0. The van der Waals surface area contributed by atoms with Crippen LogP contribution in [0.15, 0.2) is 4.99 Å². The first kappa shape index (κ1) is 16.2. The van der Waals surface area contributed by atoms with Crippen molar-refractivity contribution in [3.8, 4) is 0 Å². The molecule has 102 valence electrons. The Morgan fingerprint density at radius 1 is 1.12 bits per heavy atom. The number of unbranched alkanes of at least 4 members (excludes halogenated alkanes) is 1. The van der Waals surface area contributed by atoms with E-state index in [-0.39, 0.29) is 0 Å². The number of methoxy groups -OCH3 is 1. The van der Waals surface area contributed by atoms with E-state index in [4.69, 9.17) is 9.47 Å². The van der Waals surface area contributed by atoms with Crippen molar-refractivity contribution in [3.63, 3.8) is 0 Å². The zero-order chi connectivity index (χ0) is 12.8. The van der Waals surface area contributed by atoms with Gasteiger partial charge in [0.05, 0.1) is 6.61 Å². The maximum atomic E-state index is 5.27. The maximum Gasteiger partial charge on any atom is 0.191 e. The van der Waals surface area contributed by atoms with Gasteiger partial charge in [-0.05, 0) is 26.7 Å². The van der Waals surface area contributed by atoms with Crippen LogP contribution in [0.5, 0.6) is 0 Å². The fraction of sp³-hybridized carbons (Fsp3) is 0.917. The monoisotopic (exact) mass is 245 g/mol. The highest BCUT2D eigenvalue weighted by Crippen LogP contribution is 1.90. The summed E-state index contributed by atoms with van der Waals surface area (Å²) in [5.74, 6) is 0.862. The van der Waals surface area contributed by atoms with Crippen LogP contribution >= 0.6 is 0 Å². The average molecular weight is 245 g/mol. The molecule has 0 amide bonds. The number of guanidine groups is 1. The number of rotatable bonds is 10. The van der Waals surface area contributed by atoms with Crippen molar-refractivity contribution in [2.45, 2.75) is 26.7 Å². The van der Waals surface area contributed by atoms with Gasteiger partial charge in [0.25, 0.3) is 0 Å². The Morgan fingerprint density at radius 2 is 1.94 bits per heavy atom. The molecular formula is C12H27N3O2. The molecule has 0 rings (SSSR count). The topological polar surface area (TPSA) is 54.9 Å². The molecule has 0 aromatic carbocycles. The second kappa shape index (κ2) is 13.3. The highest BCUT2D eigenvalue weighted by molar-refractivity contribution is 5.79. The van der Waals surface area contributed by atoms with E-state index in [0.717, 1.165) is 51.6 Å². The lowest BCUT2D eigenvalue weighted by atomic mass is 10.3. The Labute approximate surface area is 105 Å². The van der Waals surface area contributed by atoms with E-state index < -0.39 is 0 Å². The van der Waals surface area contributed by atoms with Gasteiger partial charge in [0.1, 0.15) is 0 Å². The van der Waals surface area contributed by atoms with Gasteiger partial charge in [-0.1, -0.05) is 0 Å². The molecule has 0 aliphatic heterocycles.